The van der Waals surface area contributed by atoms with Gasteiger partial charge < -0.3 is 19.7 Å². The van der Waals surface area contributed by atoms with Crippen LogP contribution in [0.5, 0.6) is 5.75 Å². The molecule has 4 aromatic carbocycles. The van der Waals surface area contributed by atoms with Crippen LogP contribution in [0.1, 0.15) is 115 Å². The minimum absolute atomic E-state index is 0.0831. The number of imide groups is 1. The largest absolute Gasteiger partial charge is 0.494 e. The number of pyridine rings is 1. The van der Waals surface area contributed by atoms with Gasteiger partial charge in [0.15, 0.2) is 10.8 Å². The third kappa shape index (κ3) is 11.4. The van der Waals surface area contributed by atoms with E-state index >= 15 is 0 Å². The summed E-state index contributed by atoms with van der Waals surface area (Å²) >= 11 is 1.44. The molecule has 1 unspecified atom stereocenters. The molecule has 3 atom stereocenters. The molecule has 3 N–H and O–H groups in total. The van der Waals surface area contributed by atoms with E-state index in [4.69, 9.17) is 14.5 Å². The van der Waals surface area contributed by atoms with Crippen LogP contribution in [-0.2, 0) is 39.1 Å². The van der Waals surface area contributed by atoms with Gasteiger partial charge >= 0.3 is 5.97 Å². The molecule has 0 aliphatic carbocycles. The predicted octanol–water partition coefficient (Wildman–Crippen LogP) is 9.74. The second-order valence-corrected chi connectivity index (χ2v) is 22.1. The third-order valence-corrected chi connectivity index (χ3v) is 15.5. The molecule has 7 aromatic rings. The summed E-state index contributed by atoms with van der Waals surface area (Å²) in [6.07, 6.45) is 5.31. The predicted molar refractivity (Wildman–Crippen MR) is 291 cm³/mol. The van der Waals surface area contributed by atoms with E-state index in [0.717, 1.165) is 81.4 Å². The van der Waals surface area contributed by atoms with Crippen molar-refractivity contribution in [2.45, 2.75) is 104 Å². The number of nitrogens with zero attached hydrogens (tertiary/aromatic N) is 6. The van der Waals surface area contributed by atoms with Gasteiger partial charge in [-0.15, -0.1) is 0 Å². The second-order valence-electron chi connectivity index (χ2n) is 21.1. The lowest BCUT2D eigenvalue weighted by atomic mass is 9.88. The first-order chi connectivity index (χ1) is 36.0. The van der Waals surface area contributed by atoms with E-state index in [1.807, 2.05) is 120 Å². The fraction of sp³-hybridized carbons (Fsp3) is 0.379. The maximum Gasteiger partial charge on any atom is 0.358 e. The standard InChI is InChI=1S/C58H63N9O7S/c1-34-29-39(73-28-10-11-36-24-26-66(35(2)30-36)33-51(69)59-38-16-18-43-47(31-38)65(6)64-52(43)44-21-23-50(68)62-55(44)71)17-19-40(34)41-20-22-49(61-53(41)56(72)74-58(3,4)5)67-27-25-37-12-9-13-42(45(37)32-67)54(70)63-57-60-46-14-7-8-15-48(46)75-57/h7-9,12-20,22,29,31,35-36,44H,10-11,21,23-28,30,32-33H2,1-6H3,(H,59,69)(H,60,63,70)(H,62,68,71)/t35-,36+,44?/m1/s1. The summed E-state index contributed by atoms with van der Waals surface area (Å²) < 4.78 is 15.0. The summed E-state index contributed by atoms with van der Waals surface area (Å²) in [4.78, 5) is 79.3. The number of hydrogen-bond donors (Lipinski definition) is 3. The molecule has 0 radical (unpaired) electrons. The summed E-state index contributed by atoms with van der Waals surface area (Å²) in [5.41, 5.74) is 7.47. The van der Waals surface area contributed by atoms with Crippen LogP contribution >= 0.6 is 11.3 Å². The Balaban J connectivity index is 0.731. The van der Waals surface area contributed by atoms with Crippen molar-refractivity contribution in [1.82, 2.24) is 30.0 Å². The van der Waals surface area contributed by atoms with Crippen LogP contribution < -0.4 is 25.6 Å². The molecule has 0 saturated carbocycles. The van der Waals surface area contributed by atoms with Gasteiger partial charge in [-0.25, -0.2) is 14.8 Å². The van der Waals surface area contributed by atoms with Crippen LogP contribution in [0.3, 0.4) is 0 Å². The van der Waals surface area contributed by atoms with Crippen LogP contribution in [0.15, 0.2) is 91.0 Å². The zero-order valence-electron chi connectivity index (χ0n) is 43.3. The van der Waals surface area contributed by atoms with Gasteiger partial charge in [-0.05, 0) is 169 Å². The molecule has 16 nitrogen and oxygen atoms in total. The van der Waals surface area contributed by atoms with Crippen molar-refractivity contribution < 1.29 is 33.4 Å². The smallest absolute Gasteiger partial charge is 0.358 e. The number of ether oxygens (including phenoxy) is 2. The number of fused-ring (bicyclic) bond motifs is 3. The zero-order chi connectivity index (χ0) is 52.5. The maximum absolute atomic E-state index is 14.0. The summed E-state index contributed by atoms with van der Waals surface area (Å²) in [6, 6.07) is 29.3. The molecule has 10 rings (SSSR count). The number of benzene rings is 4. The van der Waals surface area contributed by atoms with Crippen molar-refractivity contribution in [2.24, 2.45) is 13.0 Å². The molecule has 17 heteroatoms. The number of thiazole rings is 1. The maximum atomic E-state index is 14.0. The number of anilines is 3. The van der Waals surface area contributed by atoms with Crippen molar-refractivity contribution in [3.63, 3.8) is 0 Å². The van der Waals surface area contributed by atoms with E-state index in [1.165, 1.54) is 11.3 Å². The topological polar surface area (TPSA) is 190 Å². The van der Waals surface area contributed by atoms with E-state index in [1.54, 1.807) is 4.68 Å². The molecule has 3 aliphatic rings. The molecule has 0 spiro atoms. The number of likely N-dealkylation sites (tertiary alicyclic amines) is 1. The normalized spacial score (nSPS) is 18.2. The number of nitrogens with one attached hydrogen (secondary N) is 3. The number of amides is 4. The van der Waals surface area contributed by atoms with Crippen molar-refractivity contribution >= 4 is 78.7 Å². The molecule has 388 valence electrons. The van der Waals surface area contributed by atoms with E-state index in [0.29, 0.717) is 78.5 Å². The van der Waals surface area contributed by atoms with Gasteiger partial charge in [-0.2, -0.15) is 5.10 Å². The third-order valence-electron chi connectivity index (χ3n) is 14.5. The van der Waals surface area contributed by atoms with Gasteiger partial charge in [-0.3, -0.25) is 39.4 Å². The van der Waals surface area contributed by atoms with Crippen LogP contribution in [-0.4, -0.2) is 92.1 Å². The van der Waals surface area contributed by atoms with E-state index in [2.05, 4.69) is 48.8 Å². The van der Waals surface area contributed by atoms with Gasteiger partial charge in [0.25, 0.3) is 5.91 Å². The first kappa shape index (κ1) is 51.0. The Labute approximate surface area is 440 Å². The first-order valence-corrected chi connectivity index (χ1v) is 26.7. The molecule has 75 heavy (non-hydrogen) atoms. The Morgan fingerprint density at radius 2 is 1.72 bits per heavy atom. The number of aryl methyl sites for hydroxylation is 2. The molecule has 2 saturated heterocycles. The summed E-state index contributed by atoms with van der Waals surface area (Å²) in [5, 5.41) is 14.5. The monoisotopic (exact) mass is 1030 g/mol. The summed E-state index contributed by atoms with van der Waals surface area (Å²) in [6.45, 7) is 12.5. The van der Waals surface area contributed by atoms with Gasteiger partial charge in [0.2, 0.25) is 17.7 Å². The number of piperidine rings is 2. The van der Waals surface area contributed by atoms with Crippen molar-refractivity contribution in [2.75, 3.05) is 41.8 Å². The van der Waals surface area contributed by atoms with Gasteiger partial charge in [-0.1, -0.05) is 41.7 Å². The van der Waals surface area contributed by atoms with Crippen molar-refractivity contribution in [3.8, 4) is 16.9 Å². The number of rotatable bonds is 14. The molecule has 3 aromatic heterocycles. The first-order valence-electron chi connectivity index (χ1n) is 25.9. The van der Waals surface area contributed by atoms with Crippen molar-refractivity contribution in [3.05, 3.63) is 125 Å². The van der Waals surface area contributed by atoms with Gasteiger partial charge in [0.1, 0.15) is 17.2 Å². The van der Waals surface area contributed by atoms with Gasteiger partial charge in [0, 0.05) is 54.8 Å². The molecule has 2 fully saturated rings. The quantitative estimate of drug-likeness (QED) is 0.0532. The lowest BCUT2D eigenvalue weighted by molar-refractivity contribution is -0.134. The van der Waals surface area contributed by atoms with E-state index in [9.17, 15) is 24.0 Å². The molecule has 0 bridgehead atoms. The average molecular weight is 1030 g/mol. The Kier molecular flexibility index (Phi) is 14.5. The Morgan fingerprint density at radius 1 is 0.893 bits per heavy atom. The number of carbonyl (C=O) groups is 5. The summed E-state index contributed by atoms with van der Waals surface area (Å²) in [5.74, 6) is 0.000374. The molecule has 6 heterocycles. The van der Waals surface area contributed by atoms with Crippen LogP contribution in [0.25, 0.3) is 32.2 Å². The Morgan fingerprint density at radius 3 is 2.51 bits per heavy atom. The van der Waals surface area contributed by atoms with E-state index < -0.39 is 17.5 Å². The molecule has 4 amide bonds. The summed E-state index contributed by atoms with van der Waals surface area (Å²) in [7, 11) is 1.81. The van der Waals surface area contributed by atoms with Crippen LogP contribution in [0.4, 0.5) is 16.6 Å². The lowest BCUT2D eigenvalue weighted by Gasteiger charge is -2.37. The van der Waals surface area contributed by atoms with Crippen LogP contribution in [0, 0.1) is 12.8 Å². The molecule has 3 aliphatic heterocycles. The average Bonchev–Trinajstić information content (AvgIpc) is 3.96. The highest BCUT2D eigenvalue weighted by atomic mass is 32.1. The molecular weight excluding hydrogens is 967 g/mol. The number of aromatic nitrogens is 4. The van der Waals surface area contributed by atoms with Crippen molar-refractivity contribution in [1.29, 1.82) is 0 Å². The fourth-order valence-corrected chi connectivity index (χ4v) is 11.6. The Bertz CT molecular complexity index is 3330. The Hall–Kier alpha value is -7.50. The van der Waals surface area contributed by atoms with E-state index in [-0.39, 0.29) is 41.8 Å². The highest BCUT2D eigenvalue weighted by Gasteiger charge is 2.33. The highest BCUT2D eigenvalue weighted by molar-refractivity contribution is 7.22. The lowest BCUT2D eigenvalue weighted by Crippen LogP contribution is -2.44. The highest BCUT2D eigenvalue weighted by Crippen LogP contribution is 2.36. The molecular formula is C58H63N9O7S. The number of para-hydroxylation sites is 1. The number of carbonyl (C=O) groups excluding carboxylic acids is 5. The minimum atomic E-state index is -0.742. The fourth-order valence-electron chi connectivity index (χ4n) is 10.8. The zero-order valence-corrected chi connectivity index (χ0v) is 44.1. The van der Waals surface area contributed by atoms with Crippen LogP contribution in [0.2, 0.25) is 0 Å². The van der Waals surface area contributed by atoms with Gasteiger partial charge in [0.05, 0.1) is 40.5 Å². The number of hydrogen-bond acceptors (Lipinski definition) is 13. The number of esters is 1. The second kappa shape index (κ2) is 21.4. The minimum Gasteiger partial charge on any atom is -0.494 e. The SMILES string of the molecule is Cc1cc(OCCC[C@H]2CCN(CC(=O)Nc3ccc4c(C5CCC(=O)NC5=O)nn(C)c4c3)[C@H](C)C2)ccc1-c1ccc(N2CCc3cccc(C(=O)Nc4nc5ccccc5s4)c3C2)nc1C(=O)OC(C)(C)C.